The topological polar surface area (TPSA) is 53.6 Å². The first kappa shape index (κ1) is 13.1. The molecule has 0 aliphatic rings. The molecule has 0 radical (unpaired) electrons. The Labute approximate surface area is 112 Å². The molecule has 0 bridgehead atoms. The van der Waals surface area contributed by atoms with E-state index in [0.29, 0.717) is 5.02 Å². The molecule has 0 saturated heterocycles. The van der Waals surface area contributed by atoms with Gasteiger partial charge in [0.2, 0.25) is 0 Å². The highest BCUT2D eigenvalue weighted by Gasteiger charge is 2.15. The zero-order chi connectivity index (χ0) is 12.8. The first-order valence-electron chi connectivity index (χ1n) is 6.12. The number of H-pyrrole nitrogens is 1. The second-order valence-corrected chi connectivity index (χ2v) is 4.56. The normalized spacial score (nSPS) is 12.6. The van der Waals surface area contributed by atoms with Crippen molar-refractivity contribution in [1.29, 1.82) is 0 Å². The van der Waals surface area contributed by atoms with E-state index in [0.717, 1.165) is 30.8 Å². The zero-order valence-electron chi connectivity index (χ0n) is 10.4. The third-order valence-corrected chi connectivity index (χ3v) is 3.11. The standard InChI is InChI=1S/C13H17ClN4/c1-2-4-16-12(13-17-6-7-18-13)8-10-3-5-15-9-11(10)14/h3,5-7,9,12,16H,2,4,8H2,1H3,(H,17,18). The maximum absolute atomic E-state index is 6.14. The number of aromatic nitrogens is 3. The highest BCUT2D eigenvalue weighted by Crippen LogP contribution is 2.20. The van der Waals surface area contributed by atoms with Gasteiger partial charge in [0.05, 0.1) is 11.1 Å². The Bertz CT molecular complexity index is 470. The van der Waals surface area contributed by atoms with E-state index >= 15 is 0 Å². The number of hydrogen-bond donors (Lipinski definition) is 2. The lowest BCUT2D eigenvalue weighted by Gasteiger charge is -2.17. The van der Waals surface area contributed by atoms with Crippen LogP contribution in [-0.4, -0.2) is 21.5 Å². The van der Waals surface area contributed by atoms with Crippen molar-refractivity contribution >= 4 is 11.6 Å². The smallest absolute Gasteiger partial charge is 0.123 e. The number of halogens is 1. The van der Waals surface area contributed by atoms with Crippen LogP contribution in [0.2, 0.25) is 5.02 Å². The largest absolute Gasteiger partial charge is 0.347 e. The number of rotatable bonds is 6. The summed E-state index contributed by atoms with van der Waals surface area (Å²) in [6.07, 6.45) is 8.93. The van der Waals surface area contributed by atoms with E-state index in [1.807, 2.05) is 12.3 Å². The van der Waals surface area contributed by atoms with E-state index in [9.17, 15) is 0 Å². The Morgan fingerprint density at radius 3 is 3.00 bits per heavy atom. The molecule has 0 aliphatic heterocycles. The first-order chi connectivity index (χ1) is 8.81. The van der Waals surface area contributed by atoms with Crippen molar-refractivity contribution in [2.45, 2.75) is 25.8 Å². The molecule has 2 heterocycles. The van der Waals surface area contributed by atoms with Crippen molar-refractivity contribution in [1.82, 2.24) is 20.3 Å². The number of nitrogens with zero attached hydrogens (tertiary/aromatic N) is 2. The summed E-state index contributed by atoms with van der Waals surface area (Å²) in [6.45, 7) is 3.10. The average Bonchev–Trinajstić information content (AvgIpc) is 2.90. The van der Waals surface area contributed by atoms with Gasteiger partial charge in [0, 0.05) is 24.8 Å². The molecule has 1 unspecified atom stereocenters. The van der Waals surface area contributed by atoms with E-state index < -0.39 is 0 Å². The minimum atomic E-state index is 0.153. The van der Waals surface area contributed by atoms with Crippen LogP contribution in [0.4, 0.5) is 0 Å². The van der Waals surface area contributed by atoms with Crippen molar-refractivity contribution in [2.75, 3.05) is 6.54 Å². The summed E-state index contributed by atoms with van der Waals surface area (Å²) < 4.78 is 0. The highest BCUT2D eigenvalue weighted by molar-refractivity contribution is 6.31. The van der Waals surface area contributed by atoms with Gasteiger partial charge in [0.1, 0.15) is 5.82 Å². The minimum absolute atomic E-state index is 0.153. The Morgan fingerprint density at radius 2 is 2.33 bits per heavy atom. The molecule has 4 nitrogen and oxygen atoms in total. The average molecular weight is 265 g/mol. The molecule has 0 aliphatic carbocycles. The fourth-order valence-electron chi connectivity index (χ4n) is 1.84. The summed E-state index contributed by atoms with van der Waals surface area (Å²) >= 11 is 6.14. The summed E-state index contributed by atoms with van der Waals surface area (Å²) in [6, 6.07) is 2.10. The number of imidazole rings is 1. The molecule has 2 aromatic heterocycles. The minimum Gasteiger partial charge on any atom is -0.347 e. The van der Waals surface area contributed by atoms with Crippen molar-refractivity contribution in [2.24, 2.45) is 0 Å². The van der Waals surface area contributed by atoms with Gasteiger partial charge in [-0.2, -0.15) is 0 Å². The van der Waals surface area contributed by atoms with Crippen molar-refractivity contribution in [3.63, 3.8) is 0 Å². The van der Waals surface area contributed by atoms with E-state index in [1.165, 1.54) is 0 Å². The third-order valence-electron chi connectivity index (χ3n) is 2.77. The van der Waals surface area contributed by atoms with Gasteiger partial charge in [0.15, 0.2) is 0 Å². The SMILES string of the molecule is CCCNC(Cc1ccncc1Cl)c1ncc[nH]1. The van der Waals surface area contributed by atoms with Gasteiger partial charge >= 0.3 is 0 Å². The van der Waals surface area contributed by atoms with Crippen molar-refractivity contribution in [3.05, 3.63) is 47.3 Å². The first-order valence-corrected chi connectivity index (χ1v) is 6.50. The fraction of sp³-hybridized carbons (Fsp3) is 0.385. The van der Waals surface area contributed by atoms with Gasteiger partial charge in [-0.3, -0.25) is 4.98 Å². The van der Waals surface area contributed by atoms with Gasteiger partial charge in [-0.15, -0.1) is 0 Å². The lowest BCUT2D eigenvalue weighted by molar-refractivity contribution is 0.508. The lowest BCUT2D eigenvalue weighted by atomic mass is 10.1. The molecule has 0 spiro atoms. The summed E-state index contributed by atoms with van der Waals surface area (Å²) in [4.78, 5) is 11.5. The van der Waals surface area contributed by atoms with Crippen LogP contribution in [0.1, 0.15) is 30.8 Å². The van der Waals surface area contributed by atoms with Crippen LogP contribution >= 0.6 is 11.6 Å². The van der Waals surface area contributed by atoms with E-state index in [2.05, 4.69) is 27.2 Å². The monoisotopic (exact) mass is 264 g/mol. The highest BCUT2D eigenvalue weighted by atomic mass is 35.5. The Balaban J connectivity index is 2.13. The predicted octanol–water partition coefficient (Wildman–Crippen LogP) is 2.74. The Hall–Kier alpha value is -1.39. The molecule has 0 amide bonds. The number of aromatic amines is 1. The van der Waals surface area contributed by atoms with Crippen LogP contribution in [0.3, 0.4) is 0 Å². The van der Waals surface area contributed by atoms with Crippen molar-refractivity contribution in [3.8, 4) is 0 Å². The van der Waals surface area contributed by atoms with Crippen LogP contribution in [0, 0.1) is 0 Å². The molecule has 0 fully saturated rings. The molecule has 5 heteroatoms. The molecule has 0 aromatic carbocycles. The van der Waals surface area contributed by atoms with Crippen LogP contribution in [-0.2, 0) is 6.42 Å². The summed E-state index contributed by atoms with van der Waals surface area (Å²) in [5.74, 6) is 0.941. The van der Waals surface area contributed by atoms with Gasteiger partial charge in [0.25, 0.3) is 0 Å². The van der Waals surface area contributed by atoms with E-state index in [-0.39, 0.29) is 6.04 Å². The number of nitrogens with one attached hydrogen (secondary N) is 2. The van der Waals surface area contributed by atoms with E-state index in [1.54, 1.807) is 18.6 Å². The number of pyridine rings is 1. The van der Waals surface area contributed by atoms with Gasteiger partial charge in [-0.25, -0.2) is 4.98 Å². The second kappa shape index (κ2) is 6.52. The maximum atomic E-state index is 6.14. The summed E-state index contributed by atoms with van der Waals surface area (Å²) in [7, 11) is 0. The Kier molecular flexibility index (Phi) is 4.73. The van der Waals surface area contributed by atoms with Gasteiger partial charge in [-0.1, -0.05) is 18.5 Å². The van der Waals surface area contributed by atoms with Crippen LogP contribution in [0.5, 0.6) is 0 Å². The molecule has 2 N–H and O–H groups in total. The molecule has 2 rings (SSSR count). The van der Waals surface area contributed by atoms with Crippen LogP contribution < -0.4 is 5.32 Å². The van der Waals surface area contributed by atoms with Gasteiger partial charge < -0.3 is 10.3 Å². The lowest BCUT2D eigenvalue weighted by Crippen LogP contribution is -2.25. The molecular formula is C13H17ClN4. The van der Waals surface area contributed by atoms with Crippen molar-refractivity contribution < 1.29 is 0 Å². The van der Waals surface area contributed by atoms with E-state index in [4.69, 9.17) is 11.6 Å². The molecule has 18 heavy (non-hydrogen) atoms. The molecule has 0 saturated carbocycles. The third kappa shape index (κ3) is 3.31. The molecule has 1 atom stereocenters. The number of hydrogen-bond acceptors (Lipinski definition) is 3. The fourth-order valence-corrected chi connectivity index (χ4v) is 2.04. The zero-order valence-corrected chi connectivity index (χ0v) is 11.1. The predicted molar refractivity (Wildman–Crippen MR) is 72.6 cm³/mol. The summed E-state index contributed by atoms with van der Waals surface area (Å²) in [5, 5.41) is 4.18. The van der Waals surface area contributed by atoms with Crippen LogP contribution in [0.15, 0.2) is 30.9 Å². The molecular weight excluding hydrogens is 248 g/mol. The van der Waals surface area contributed by atoms with Gasteiger partial charge in [-0.05, 0) is 31.0 Å². The maximum Gasteiger partial charge on any atom is 0.123 e. The molecule has 96 valence electrons. The quantitative estimate of drug-likeness (QED) is 0.844. The summed E-state index contributed by atoms with van der Waals surface area (Å²) in [5.41, 5.74) is 1.08. The second-order valence-electron chi connectivity index (χ2n) is 4.15. The van der Waals surface area contributed by atoms with Crippen LogP contribution in [0.25, 0.3) is 0 Å². The Morgan fingerprint density at radius 1 is 1.44 bits per heavy atom. The molecule has 2 aromatic rings.